The number of likely N-dealkylation sites (N-methyl/N-ethyl adjacent to an activating group) is 1. The molecule has 0 aliphatic heterocycles. The number of aromatic hydroxyl groups is 1. The molecule has 1 aliphatic carbocycles. The van der Waals surface area contributed by atoms with E-state index in [1.807, 2.05) is 12.1 Å². The number of nitrogens with zero attached hydrogens (tertiary/aromatic N) is 1. The Labute approximate surface area is 210 Å². The predicted molar refractivity (Wildman–Crippen MR) is 146 cm³/mol. The number of phenolic OH excluding ortho intramolecular Hbond substituents is 1. The number of fused-ring (bicyclic) bond motifs is 1. The number of rotatable bonds is 8. The maximum Gasteiger partial charge on any atom is 0.142 e. The third-order valence-electron chi connectivity index (χ3n) is 7.87. The Balaban J connectivity index is 1.71. The molecule has 0 aromatic heterocycles. The highest BCUT2D eigenvalue weighted by Crippen LogP contribution is 2.43. The molecule has 186 valence electrons. The van der Waals surface area contributed by atoms with Crippen LogP contribution < -0.4 is 10.5 Å². The van der Waals surface area contributed by atoms with Crippen molar-refractivity contribution in [3.8, 4) is 22.6 Å². The van der Waals surface area contributed by atoms with Gasteiger partial charge in [0.15, 0.2) is 0 Å². The van der Waals surface area contributed by atoms with Crippen LogP contribution in [-0.2, 0) is 25.7 Å². The maximum atomic E-state index is 11.0. The normalized spacial score (nSPS) is 13.7. The highest BCUT2D eigenvalue weighted by atomic mass is 16.5. The van der Waals surface area contributed by atoms with Crippen LogP contribution in [0.15, 0.2) is 48.5 Å². The predicted octanol–water partition coefficient (Wildman–Crippen LogP) is 6.39. The van der Waals surface area contributed by atoms with E-state index < -0.39 is 0 Å². The lowest BCUT2D eigenvalue weighted by atomic mass is 9.83. The number of nitrogens with two attached hydrogens (primary N) is 1. The molecule has 0 heterocycles. The lowest BCUT2D eigenvalue weighted by Crippen LogP contribution is -2.42. The first-order valence-electron chi connectivity index (χ1n) is 12.8. The molecule has 0 spiro atoms. The number of aryl methyl sites for hydroxylation is 1. The number of ether oxygens (including phenoxy) is 1. The van der Waals surface area contributed by atoms with Crippen molar-refractivity contribution in [3.05, 3.63) is 76.3 Å². The van der Waals surface area contributed by atoms with Crippen molar-refractivity contribution in [1.82, 2.24) is 4.90 Å². The molecule has 0 unspecified atom stereocenters. The molecule has 4 nitrogen and oxygen atoms in total. The van der Waals surface area contributed by atoms with Crippen molar-refractivity contribution in [2.24, 2.45) is 0 Å². The maximum absolute atomic E-state index is 11.0. The summed E-state index contributed by atoms with van der Waals surface area (Å²) < 4.78 is 5.57. The summed E-state index contributed by atoms with van der Waals surface area (Å²) in [5.41, 5.74) is 15.5. The van der Waals surface area contributed by atoms with Crippen LogP contribution >= 0.6 is 0 Å². The van der Waals surface area contributed by atoms with Crippen LogP contribution in [0, 0.1) is 0 Å². The van der Waals surface area contributed by atoms with Gasteiger partial charge in [-0.25, -0.2) is 0 Å². The van der Waals surface area contributed by atoms with E-state index in [9.17, 15) is 5.11 Å². The molecule has 4 rings (SSSR count). The van der Waals surface area contributed by atoms with Gasteiger partial charge in [-0.2, -0.15) is 0 Å². The third-order valence-corrected chi connectivity index (χ3v) is 7.87. The molecule has 0 saturated heterocycles. The van der Waals surface area contributed by atoms with E-state index >= 15 is 0 Å². The van der Waals surface area contributed by atoms with Crippen LogP contribution in [0.2, 0.25) is 0 Å². The molecule has 4 heteroatoms. The summed E-state index contributed by atoms with van der Waals surface area (Å²) in [5, 5.41) is 11.0. The summed E-state index contributed by atoms with van der Waals surface area (Å²) in [7, 11) is 3.83. The summed E-state index contributed by atoms with van der Waals surface area (Å²) in [6.07, 6.45) is 6.07. The van der Waals surface area contributed by atoms with E-state index in [0.29, 0.717) is 23.6 Å². The molecular formula is C31H40N2O2. The largest absolute Gasteiger partial charge is 0.507 e. The fraction of sp³-hybridized carbons (Fsp3) is 0.419. The van der Waals surface area contributed by atoms with Gasteiger partial charge in [0.2, 0.25) is 0 Å². The van der Waals surface area contributed by atoms with E-state index in [1.54, 1.807) is 7.11 Å². The van der Waals surface area contributed by atoms with Crippen molar-refractivity contribution in [2.75, 3.05) is 26.4 Å². The second-order valence-corrected chi connectivity index (χ2v) is 10.5. The summed E-state index contributed by atoms with van der Waals surface area (Å²) in [4.78, 5) is 2.39. The first-order valence-corrected chi connectivity index (χ1v) is 12.8. The quantitative estimate of drug-likeness (QED) is 0.373. The van der Waals surface area contributed by atoms with Gasteiger partial charge in [-0.15, -0.1) is 0 Å². The zero-order valence-electron chi connectivity index (χ0n) is 21.9. The fourth-order valence-corrected chi connectivity index (χ4v) is 5.40. The lowest BCUT2D eigenvalue weighted by molar-refractivity contribution is 0.164. The minimum Gasteiger partial charge on any atom is -0.507 e. The summed E-state index contributed by atoms with van der Waals surface area (Å²) in [6.45, 7) is 7.81. The number of anilines is 1. The van der Waals surface area contributed by atoms with Crippen LogP contribution in [0.4, 0.5) is 5.69 Å². The minimum absolute atomic E-state index is 0.102. The van der Waals surface area contributed by atoms with Crippen LogP contribution in [0.3, 0.4) is 0 Å². The van der Waals surface area contributed by atoms with E-state index in [-0.39, 0.29) is 5.54 Å². The Morgan fingerprint density at radius 1 is 0.971 bits per heavy atom. The van der Waals surface area contributed by atoms with Gasteiger partial charge in [-0.3, -0.25) is 0 Å². The molecule has 0 atom stereocenters. The Bertz CT molecular complexity index is 1180. The molecule has 35 heavy (non-hydrogen) atoms. The van der Waals surface area contributed by atoms with Crippen molar-refractivity contribution < 1.29 is 9.84 Å². The smallest absolute Gasteiger partial charge is 0.142 e. The first-order chi connectivity index (χ1) is 16.7. The minimum atomic E-state index is 0.102. The Morgan fingerprint density at radius 2 is 1.66 bits per heavy atom. The molecule has 0 saturated carbocycles. The van der Waals surface area contributed by atoms with E-state index in [2.05, 4.69) is 69.1 Å². The molecule has 0 amide bonds. The van der Waals surface area contributed by atoms with Gasteiger partial charge in [0.1, 0.15) is 11.5 Å². The SMILES string of the molecule is CCN(C)C(C)(C)Cc1ccc(Cc2c(-c3c(O)ccc4c3CCCC4)ccc(OC)c2N)cc1. The van der Waals surface area contributed by atoms with Crippen LogP contribution in [-0.4, -0.2) is 36.2 Å². The summed E-state index contributed by atoms with van der Waals surface area (Å²) >= 11 is 0. The van der Waals surface area contributed by atoms with Gasteiger partial charge < -0.3 is 20.5 Å². The zero-order valence-corrected chi connectivity index (χ0v) is 21.9. The third kappa shape index (κ3) is 5.18. The van der Waals surface area contributed by atoms with Crippen LogP contribution in [0.5, 0.6) is 11.5 Å². The standard InChI is InChI=1S/C31H40N2O2/c1-6-33(4)31(2,3)20-22-13-11-21(12-14-22)19-26-25(16-18-28(35-5)30(26)32)29-24-10-8-7-9-23(24)15-17-27(29)34/h11-18,34H,6-10,19-20,32H2,1-5H3. The van der Waals surface area contributed by atoms with Gasteiger partial charge in [0, 0.05) is 17.5 Å². The number of hydrogen-bond donors (Lipinski definition) is 2. The Hall–Kier alpha value is -2.98. The van der Waals surface area contributed by atoms with Gasteiger partial charge in [-0.05, 0) is 105 Å². The molecule has 0 fully saturated rings. The lowest BCUT2D eigenvalue weighted by Gasteiger charge is -2.35. The molecule has 3 N–H and O–H groups in total. The average Bonchev–Trinajstić information content (AvgIpc) is 2.86. The molecule has 0 bridgehead atoms. The second kappa shape index (κ2) is 10.3. The molecule has 1 aliphatic rings. The molecule has 0 radical (unpaired) electrons. The van der Waals surface area contributed by atoms with Crippen molar-refractivity contribution in [3.63, 3.8) is 0 Å². The van der Waals surface area contributed by atoms with Crippen molar-refractivity contribution >= 4 is 5.69 Å². The molecule has 3 aromatic carbocycles. The average molecular weight is 473 g/mol. The summed E-state index contributed by atoms with van der Waals surface area (Å²) in [6, 6.07) is 16.8. The fourth-order valence-electron chi connectivity index (χ4n) is 5.40. The Kier molecular flexibility index (Phi) is 7.42. The number of hydrogen-bond acceptors (Lipinski definition) is 4. The van der Waals surface area contributed by atoms with E-state index in [4.69, 9.17) is 10.5 Å². The van der Waals surface area contributed by atoms with Crippen LogP contribution in [0.1, 0.15) is 61.4 Å². The monoisotopic (exact) mass is 472 g/mol. The number of phenols is 1. The van der Waals surface area contributed by atoms with Crippen molar-refractivity contribution in [1.29, 1.82) is 0 Å². The summed E-state index contributed by atoms with van der Waals surface area (Å²) in [5.74, 6) is 1.00. The number of methoxy groups -OCH3 is 1. The van der Waals surface area contributed by atoms with Crippen LogP contribution in [0.25, 0.3) is 11.1 Å². The molecular weight excluding hydrogens is 432 g/mol. The van der Waals surface area contributed by atoms with E-state index in [1.165, 1.54) is 28.7 Å². The second-order valence-electron chi connectivity index (χ2n) is 10.5. The van der Waals surface area contributed by atoms with Gasteiger partial charge in [-0.1, -0.05) is 43.3 Å². The first kappa shape index (κ1) is 25.1. The van der Waals surface area contributed by atoms with E-state index in [0.717, 1.165) is 48.9 Å². The highest BCUT2D eigenvalue weighted by molar-refractivity contribution is 5.83. The topological polar surface area (TPSA) is 58.7 Å². The Morgan fingerprint density at radius 3 is 2.34 bits per heavy atom. The molecule has 3 aromatic rings. The highest BCUT2D eigenvalue weighted by Gasteiger charge is 2.24. The van der Waals surface area contributed by atoms with Gasteiger partial charge in [0.05, 0.1) is 12.8 Å². The van der Waals surface area contributed by atoms with Gasteiger partial charge in [0.25, 0.3) is 0 Å². The van der Waals surface area contributed by atoms with Crippen molar-refractivity contribution in [2.45, 2.75) is 64.8 Å². The zero-order chi connectivity index (χ0) is 25.2. The number of nitrogen functional groups attached to an aromatic ring is 1. The number of benzene rings is 3. The van der Waals surface area contributed by atoms with Gasteiger partial charge >= 0.3 is 0 Å².